The monoisotopic (exact) mass is 315 g/mol. The zero-order valence-electron chi connectivity index (χ0n) is 11.5. The standard InChI is InChI=1S/C11H17N5O2S2/c1-4-8(11-13-5-6-19-11)15-20(17,18)9-7(2)16(3)14-10(9)12/h5-6,8,15H,4H2,1-3H3,(H2,12,14). The van der Waals surface area contributed by atoms with Gasteiger partial charge in [-0.3, -0.25) is 4.68 Å². The SMILES string of the molecule is CCC(NS(=O)(=O)c1c(N)nn(C)c1C)c1nccs1. The number of nitrogens with two attached hydrogens (primary N) is 1. The Morgan fingerprint density at radius 3 is 2.70 bits per heavy atom. The van der Waals surface area contributed by atoms with Crippen LogP contribution >= 0.6 is 11.3 Å². The number of anilines is 1. The van der Waals surface area contributed by atoms with Crippen LogP contribution in [0.5, 0.6) is 0 Å². The molecule has 9 heteroatoms. The highest BCUT2D eigenvalue weighted by molar-refractivity contribution is 7.89. The molecule has 110 valence electrons. The summed E-state index contributed by atoms with van der Waals surface area (Å²) < 4.78 is 29.1. The fourth-order valence-electron chi connectivity index (χ4n) is 1.91. The van der Waals surface area contributed by atoms with Crippen molar-refractivity contribution in [3.8, 4) is 0 Å². The minimum absolute atomic E-state index is 0.00601. The summed E-state index contributed by atoms with van der Waals surface area (Å²) in [5.74, 6) is 0.00601. The van der Waals surface area contributed by atoms with Gasteiger partial charge in [-0.25, -0.2) is 18.1 Å². The second kappa shape index (κ2) is 5.51. The third-order valence-corrected chi connectivity index (χ3v) is 5.55. The van der Waals surface area contributed by atoms with Crippen molar-refractivity contribution < 1.29 is 8.42 Å². The van der Waals surface area contributed by atoms with Crippen LogP contribution in [-0.4, -0.2) is 23.2 Å². The average molecular weight is 315 g/mol. The van der Waals surface area contributed by atoms with Crippen LogP contribution in [-0.2, 0) is 17.1 Å². The summed E-state index contributed by atoms with van der Waals surface area (Å²) in [6, 6.07) is -0.362. The maximum atomic E-state index is 12.5. The quantitative estimate of drug-likeness (QED) is 0.863. The maximum absolute atomic E-state index is 12.5. The Hall–Kier alpha value is -1.45. The molecule has 7 nitrogen and oxygen atoms in total. The Morgan fingerprint density at radius 2 is 2.25 bits per heavy atom. The number of rotatable bonds is 5. The van der Waals surface area contributed by atoms with E-state index in [1.165, 1.54) is 16.0 Å². The highest BCUT2D eigenvalue weighted by atomic mass is 32.2. The summed E-state index contributed by atoms with van der Waals surface area (Å²) in [5, 5.41) is 6.48. The predicted octanol–water partition coefficient (Wildman–Crippen LogP) is 1.20. The molecule has 0 amide bonds. The van der Waals surface area contributed by atoms with E-state index in [4.69, 9.17) is 5.73 Å². The summed E-state index contributed by atoms with van der Waals surface area (Å²) >= 11 is 1.41. The van der Waals surface area contributed by atoms with E-state index in [2.05, 4.69) is 14.8 Å². The van der Waals surface area contributed by atoms with Crippen LogP contribution in [0.3, 0.4) is 0 Å². The summed E-state index contributed by atoms with van der Waals surface area (Å²) in [5.41, 5.74) is 6.20. The van der Waals surface area contributed by atoms with Gasteiger partial charge in [0.15, 0.2) is 5.82 Å². The molecule has 3 N–H and O–H groups in total. The first-order chi connectivity index (χ1) is 9.36. The summed E-state index contributed by atoms with van der Waals surface area (Å²) in [6.07, 6.45) is 2.26. The largest absolute Gasteiger partial charge is 0.381 e. The molecule has 20 heavy (non-hydrogen) atoms. The molecule has 0 radical (unpaired) electrons. The van der Waals surface area contributed by atoms with E-state index >= 15 is 0 Å². The molecule has 0 aliphatic rings. The maximum Gasteiger partial charge on any atom is 0.246 e. The zero-order valence-corrected chi connectivity index (χ0v) is 13.1. The second-order valence-corrected chi connectivity index (χ2v) is 6.95. The first-order valence-corrected chi connectivity index (χ1v) is 8.44. The van der Waals surface area contributed by atoms with E-state index < -0.39 is 10.0 Å². The van der Waals surface area contributed by atoms with Gasteiger partial charge in [-0.1, -0.05) is 6.92 Å². The van der Waals surface area contributed by atoms with Gasteiger partial charge in [-0.2, -0.15) is 5.10 Å². The summed E-state index contributed by atoms with van der Waals surface area (Å²) in [6.45, 7) is 3.57. The topological polar surface area (TPSA) is 103 Å². The molecule has 1 unspecified atom stereocenters. The van der Waals surface area contributed by atoms with Crippen molar-refractivity contribution in [2.75, 3.05) is 5.73 Å². The lowest BCUT2D eigenvalue weighted by molar-refractivity contribution is 0.548. The first kappa shape index (κ1) is 14.9. The van der Waals surface area contributed by atoms with Crippen molar-refractivity contribution in [2.45, 2.75) is 31.2 Å². The van der Waals surface area contributed by atoms with Crippen molar-refractivity contribution in [1.29, 1.82) is 0 Å². The molecule has 1 atom stereocenters. The van der Waals surface area contributed by atoms with Gasteiger partial charge in [0, 0.05) is 18.6 Å². The number of hydrogen-bond acceptors (Lipinski definition) is 6. The van der Waals surface area contributed by atoms with E-state index in [0.717, 1.165) is 5.01 Å². The van der Waals surface area contributed by atoms with Crippen molar-refractivity contribution in [3.05, 3.63) is 22.3 Å². The molecule has 0 fully saturated rings. The summed E-state index contributed by atoms with van der Waals surface area (Å²) in [4.78, 5) is 4.19. The van der Waals surface area contributed by atoms with Crippen molar-refractivity contribution >= 4 is 27.2 Å². The number of nitrogens with one attached hydrogen (secondary N) is 1. The van der Waals surface area contributed by atoms with E-state index in [9.17, 15) is 8.42 Å². The zero-order chi connectivity index (χ0) is 14.9. The van der Waals surface area contributed by atoms with Crippen molar-refractivity contribution in [1.82, 2.24) is 19.5 Å². The Morgan fingerprint density at radius 1 is 1.55 bits per heavy atom. The second-order valence-electron chi connectivity index (χ2n) is 4.38. The predicted molar refractivity (Wildman–Crippen MR) is 77.8 cm³/mol. The first-order valence-electron chi connectivity index (χ1n) is 6.07. The molecule has 2 rings (SSSR count). The Balaban J connectivity index is 2.36. The third-order valence-electron chi connectivity index (χ3n) is 3.03. The average Bonchev–Trinajstić information content (AvgIpc) is 2.96. The Kier molecular flexibility index (Phi) is 4.11. The van der Waals surface area contributed by atoms with Gasteiger partial charge in [-0.05, 0) is 13.3 Å². The van der Waals surface area contributed by atoms with E-state index in [0.29, 0.717) is 12.1 Å². The number of aromatic nitrogens is 3. The molecule has 0 spiro atoms. The molecule has 0 saturated heterocycles. The van der Waals surface area contributed by atoms with Crippen LogP contribution in [0.4, 0.5) is 5.82 Å². The number of nitrogens with zero attached hydrogens (tertiary/aromatic N) is 3. The molecule has 2 heterocycles. The van der Waals surface area contributed by atoms with Gasteiger partial charge in [0.05, 0.1) is 11.7 Å². The van der Waals surface area contributed by atoms with Crippen molar-refractivity contribution in [3.63, 3.8) is 0 Å². The fraction of sp³-hybridized carbons (Fsp3) is 0.455. The molecular weight excluding hydrogens is 298 g/mol. The number of thiazole rings is 1. The van der Waals surface area contributed by atoms with E-state index in [-0.39, 0.29) is 16.8 Å². The smallest absolute Gasteiger partial charge is 0.246 e. The van der Waals surface area contributed by atoms with E-state index in [1.807, 2.05) is 12.3 Å². The molecular formula is C11H17N5O2S2. The Labute approximate surface area is 121 Å². The van der Waals surface area contributed by atoms with Gasteiger partial charge in [0.1, 0.15) is 9.90 Å². The molecule has 0 saturated carbocycles. The van der Waals surface area contributed by atoms with Gasteiger partial charge < -0.3 is 5.73 Å². The normalized spacial score (nSPS) is 13.6. The molecule has 0 aliphatic heterocycles. The lowest BCUT2D eigenvalue weighted by Crippen LogP contribution is -2.29. The van der Waals surface area contributed by atoms with E-state index in [1.54, 1.807) is 20.2 Å². The van der Waals surface area contributed by atoms with Crippen LogP contribution < -0.4 is 10.5 Å². The van der Waals surface area contributed by atoms with Gasteiger partial charge >= 0.3 is 0 Å². The van der Waals surface area contributed by atoms with Gasteiger partial charge in [0.2, 0.25) is 10.0 Å². The minimum atomic E-state index is -3.73. The molecule has 0 aromatic carbocycles. The number of nitrogen functional groups attached to an aromatic ring is 1. The van der Waals surface area contributed by atoms with Crippen LogP contribution in [0.1, 0.15) is 30.1 Å². The summed E-state index contributed by atoms with van der Waals surface area (Å²) in [7, 11) is -2.07. The fourth-order valence-corrected chi connectivity index (χ4v) is 4.36. The highest BCUT2D eigenvalue weighted by Crippen LogP contribution is 2.25. The van der Waals surface area contributed by atoms with Crippen LogP contribution in [0.15, 0.2) is 16.5 Å². The number of hydrogen-bond donors (Lipinski definition) is 2. The van der Waals surface area contributed by atoms with Crippen LogP contribution in [0, 0.1) is 6.92 Å². The van der Waals surface area contributed by atoms with Gasteiger partial charge in [-0.15, -0.1) is 11.3 Å². The van der Waals surface area contributed by atoms with Crippen LogP contribution in [0.2, 0.25) is 0 Å². The van der Waals surface area contributed by atoms with Gasteiger partial charge in [0.25, 0.3) is 0 Å². The lowest BCUT2D eigenvalue weighted by Gasteiger charge is -2.14. The minimum Gasteiger partial charge on any atom is -0.381 e. The number of sulfonamides is 1. The Bertz CT molecular complexity index is 691. The molecule has 0 aliphatic carbocycles. The highest BCUT2D eigenvalue weighted by Gasteiger charge is 2.28. The lowest BCUT2D eigenvalue weighted by atomic mass is 10.3. The molecule has 2 aromatic rings. The van der Waals surface area contributed by atoms with Crippen molar-refractivity contribution in [2.24, 2.45) is 7.05 Å². The molecule has 2 aromatic heterocycles. The molecule has 0 bridgehead atoms. The third kappa shape index (κ3) is 2.69. The van der Waals surface area contributed by atoms with Crippen LogP contribution in [0.25, 0.3) is 0 Å². The number of aryl methyl sites for hydroxylation is 1.